The fraction of sp³-hybridized carbons (Fsp3) is 0.273. The van der Waals surface area contributed by atoms with Crippen LogP contribution >= 0.6 is 15.9 Å². The molecule has 1 aromatic rings. The number of hydrogen-bond acceptors (Lipinski definition) is 2. The lowest BCUT2D eigenvalue weighted by Gasteiger charge is -2.03. The van der Waals surface area contributed by atoms with Crippen molar-refractivity contribution in [2.45, 2.75) is 6.42 Å². The molecule has 0 bridgehead atoms. The quantitative estimate of drug-likeness (QED) is 0.839. The summed E-state index contributed by atoms with van der Waals surface area (Å²) in [6.45, 7) is 0. The lowest BCUT2D eigenvalue weighted by molar-refractivity contribution is 0.373. The van der Waals surface area contributed by atoms with Crippen molar-refractivity contribution in [3.8, 4) is 11.5 Å². The molecule has 3 heteroatoms. The first-order valence-electron chi connectivity index (χ1n) is 4.37. The number of ether oxygens (including phenoxy) is 1. The summed E-state index contributed by atoms with van der Waals surface area (Å²) < 4.78 is 5.00. The zero-order valence-corrected chi connectivity index (χ0v) is 9.62. The first-order chi connectivity index (χ1) is 6.77. The molecule has 0 aliphatic carbocycles. The van der Waals surface area contributed by atoms with Crippen LogP contribution in [0.3, 0.4) is 0 Å². The lowest BCUT2D eigenvalue weighted by atomic mass is 10.2. The Morgan fingerprint density at radius 3 is 2.93 bits per heavy atom. The number of halogens is 1. The van der Waals surface area contributed by atoms with Crippen LogP contribution in [0.1, 0.15) is 12.0 Å². The van der Waals surface area contributed by atoms with Gasteiger partial charge in [0, 0.05) is 5.33 Å². The van der Waals surface area contributed by atoms with Gasteiger partial charge in [0.1, 0.15) is 0 Å². The van der Waals surface area contributed by atoms with Crippen molar-refractivity contribution in [1.29, 1.82) is 0 Å². The fourth-order valence-corrected chi connectivity index (χ4v) is 1.34. The van der Waals surface area contributed by atoms with Gasteiger partial charge in [-0.1, -0.05) is 34.1 Å². The van der Waals surface area contributed by atoms with Crippen molar-refractivity contribution >= 4 is 22.0 Å². The Morgan fingerprint density at radius 2 is 2.29 bits per heavy atom. The Morgan fingerprint density at radius 1 is 1.50 bits per heavy atom. The van der Waals surface area contributed by atoms with Crippen molar-refractivity contribution in [3.63, 3.8) is 0 Å². The summed E-state index contributed by atoms with van der Waals surface area (Å²) in [4.78, 5) is 0. The lowest BCUT2D eigenvalue weighted by Crippen LogP contribution is -1.84. The Kier molecular flexibility index (Phi) is 4.53. The molecule has 0 radical (unpaired) electrons. The minimum absolute atomic E-state index is 0.171. The number of phenolic OH excluding ortho intramolecular Hbond substituents is 1. The van der Waals surface area contributed by atoms with E-state index < -0.39 is 0 Å². The molecule has 14 heavy (non-hydrogen) atoms. The molecular weight excluding hydrogens is 244 g/mol. The summed E-state index contributed by atoms with van der Waals surface area (Å²) in [5, 5.41) is 10.3. The molecule has 0 heterocycles. The number of phenols is 1. The van der Waals surface area contributed by atoms with Crippen LogP contribution in [0.4, 0.5) is 0 Å². The van der Waals surface area contributed by atoms with Crippen molar-refractivity contribution in [2.75, 3.05) is 12.4 Å². The molecule has 2 nitrogen and oxygen atoms in total. The van der Waals surface area contributed by atoms with Gasteiger partial charge in [-0.05, 0) is 24.1 Å². The van der Waals surface area contributed by atoms with Crippen LogP contribution in [0.5, 0.6) is 11.5 Å². The van der Waals surface area contributed by atoms with Crippen molar-refractivity contribution < 1.29 is 9.84 Å². The number of allylic oxidation sites excluding steroid dienone is 1. The van der Waals surface area contributed by atoms with Crippen molar-refractivity contribution in [2.24, 2.45) is 0 Å². The van der Waals surface area contributed by atoms with Gasteiger partial charge in [-0.15, -0.1) is 0 Å². The van der Waals surface area contributed by atoms with E-state index in [1.165, 1.54) is 0 Å². The summed E-state index contributed by atoms with van der Waals surface area (Å²) in [6.07, 6.45) is 5.06. The van der Waals surface area contributed by atoms with Gasteiger partial charge in [0.25, 0.3) is 0 Å². The van der Waals surface area contributed by atoms with E-state index in [0.29, 0.717) is 5.75 Å². The highest BCUT2D eigenvalue weighted by Gasteiger charge is 1.99. The van der Waals surface area contributed by atoms with E-state index >= 15 is 0 Å². The molecule has 0 saturated heterocycles. The number of alkyl halides is 1. The zero-order chi connectivity index (χ0) is 10.4. The fourth-order valence-electron chi connectivity index (χ4n) is 1.08. The van der Waals surface area contributed by atoms with E-state index in [9.17, 15) is 5.11 Å². The Balaban J connectivity index is 2.79. The minimum Gasteiger partial charge on any atom is -0.504 e. The first-order valence-corrected chi connectivity index (χ1v) is 5.49. The Bertz CT molecular complexity index is 321. The van der Waals surface area contributed by atoms with Crippen molar-refractivity contribution in [3.05, 3.63) is 29.8 Å². The van der Waals surface area contributed by atoms with Crippen LogP contribution in [0.25, 0.3) is 6.08 Å². The van der Waals surface area contributed by atoms with E-state index in [1.807, 2.05) is 12.1 Å². The van der Waals surface area contributed by atoms with Gasteiger partial charge in [0.15, 0.2) is 11.5 Å². The van der Waals surface area contributed by atoms with Crippen LogP contribution in [-0.2, 0) is 0 Å². The standard InChI is InChI=1S/C11H13BrO2/c1-14-11-8-9(4-2-3-7-12)5-6-10(11)13/h2,4-6,8,13H,3,7H2,1H3. The highest BCUT2D eigenvalue weighted by Crippen LogP contribution is 2.26. The average Bonchev–Trinajstić information content (AvgIpc) is 2.21. The third-order valence-corrected chi connectivity index (χ3v) is 2.25. The summed E-state index contributed by atoms with van der Waals surface area (Å²) in [5.41, 5.74) is 1.03. The van der Waals surface area contributed by atoms with Crippen molar-refractivity contribution in [1.82, 2.24) is 0 Å². The molecular formula is C11H13BrO2. The normalized spacial score (nSPS) is 10.7. The molecule has 0 saturated carbocycles. The summed E-state index contributed by atoms with van der Waals surface area (Å²) in [7, 11) is 1.54. The largest absolute Gasteiger partial charge is 0.504 e. The first kappa shape index (κ1) is 11.1. The highest BCUT2D eigenvalue weighted by atomic mass is 79.9. The van der Waals surface area contributed by atoms with E-state index in [0.717, 1.165) is 17.3 Å². The molecule has 0 atom stereocenters. The molecule has 0 aromatic heterocycles. The van der Waals surface area contributed by atoms with Gasteiger partial charge >= 0.3 is 0 Å². The second-order valence-electron chi connectivity index (χ2n) is 2.81. The van der Waals surface area contributed by atoms with E-state index in [1.54, 1.807) is 19.2 Å². The second-order valence-corrected chi connectivity index (χ2v) is 3.60. The van der Waals surface area contributed by atoms with Crippen LogP contribution in [0, 0.1) is 0 Å². The average molecular weight is 257 g/mol. The van der Waals surface area contributed by atoms with E-state index in [-0.39, 0.29) is 5.75 Å². The third kappa shape index (κ3) is 3.07. The van der Waals surface area contributed by atoms with Crippen LogP contribution in [0.2, 0.25) is 0 Å². The molecule has 0 aliphatic heterocycles. The maximum atomic E-state index is 9.35. The summed E-state index contributed by atoms with van der Waals surface area (Å²) >= 11 is 3.35. The molecule has 1 rings (SSSR count). The summed E-state index contributed by atoms with van der Waals surface area (Å²) in [6, 6.07) is 5.29. The molecule has 0 fully saturated rings. The van der Waals surface area contributed by atoms with E-state index in [4.69, 9.17) is 4.74 Å². The molecule has 76 valence electrons. The SMILES string of the molecule is COc1cc(C=CCCBr)ccc1O. The predicted octanol–water partition coefficient (Wildman–Crippen LogP) is 3.20. The van der Waals surface area contributed by atoms with Crippen LogP contribution < -0.4 is 4.74 Å². The molecule has 0 aliphatic rings. The maximum Gasteiger partial charge on any atom is 0.161 e. The van der Waals surface area contributed by atoms with Gasteiger partial charge in [-0.2, -0.15) is 0 Å². The van der Waals surface area contributed by atoms with Gasteiger partial charge in [-0.25, -0.2) is 0 Å². The third-order valence-electron chi connectivity index (χ3n) is 1.79. The number of hydrogen-bond donors (Lipinski definition) is 1. The minimum atomic E-state index is 0.171. The monoisotopic (exact) mass is 256 g/mol. The molecule has 1 aromatic carbocycles. The molecule has 0 amide bonds. The van der Waals surface area contributed by atoms with Gasteiger partial charge in [-0.3, -0.25) is 0 Å². The smallest absolute Gasteiger partial charge is 0.161 e. The highest BCUT2D eigenvalue weighted by molar-refractivity contribution is 9.09. The van der Waals surface area contributed by atoms with Gasteiger partial charge in [0.05, 0.1) is 7.11 Å². The number of benzene rings is 1. The molecule has 1 N–H and O–H groups in total. The van der Waals surface area contributed by atoms with Crippen LogP contribution in [0.15, 0.2) is 24.3 Å². The maximum absolute atomic E-state index is 9.35. The second kappa shape index (κ2) is 5.70. The summed E-state index contributed by atoms with van der Waals surface area (Å²) in [5.74, 6) is 0.677. The van der Waals surface area contributed by atoms with Gasteiger partial charge < -0.3 is 9.84 Å². The Labute approximate surface area is 92.3 Å². The zero-order valence-electron chi connectivity index (χ0n) is 8.03. The topological polar surface area (TPSA) is 29.5 Å². The molecule has 0 spiro atoms. The number of aromatic hydroxyl groups is 1. The Hall–Kier alpha value is -0.960. The van der Waals surface area contributed by atoms with Crippen LogP contribution in [-0.4, -0.2) is 17.5 Å². The number of rotatable bonds is 4. The van der Waals surface area contributed by atoms with E-state index in [2.05, 4.69) is 22.0 Å². The predicted molar refractivity (Wildman–Crippen MR) is 62.1 cm³/mol. The van der Waals surface area contributed by atoms with Gasteiger partial charge in [0.2, 0.25) is 0 Å². The molecule has 0 unspecified atom stereocenters. The number of methoxy groups -OCH3 is 1.